The molecule has 1 fully saturated rings. The van der Waals surface area contributed by atoms with Gasteiger partial charge in [0.25, 0.3) is 0 Å². The van der Waals surface area contributed by atoms with Crippen molar-refractivity contribution in [3.8, 4) is 6.07 Å². The molecule has 156 valence electrons. The number of nitriles is 1. The Morgan fingerprint density at radius 3 is 2.32 bits per heavy atom. The second-order valence-electron chi connectivity index (χ2n) is 8.55. The molecule has 0 atom stereocenters. The molecule has 0 amide bonds. The zero-order valence-corrected chi connectivity index (χ0v) is 17.8. The van der Waals surface area contributed by atoms with Gasteiger partial charge in [0.05, 0.1) is 11.6 Å². The van der Waals surface area contributed by atoms with Crippen LogP contribution in [0.4, 0.5) is 0 Å². The van der Waals surface area contributed by atoms with Gasteiger partial charge in [-0.05, 0) is 52.9 Å². The van der Waals surface area contributed by atoms with Crippen molar-refractivity contribution < 1.29 is 0 Å². The minimum atomic E-state index is 0.730. The van der Waals surface area contributed by atoms with Crippen molar-refractivity contribution in [3.05, 3.63) is 83.6 Å². The highest BCUT2D eigenvalue weighted by Crippen LogP contribution is 2.21. The molecule has 0 unspecified atom stereocenters. The van der Waals surface area contributed by atoms with E-state index in [-0.39, 0.29) is 0 Å². The molecule has 4 aromatic rings. The van der Waals surface area contributed by atoms with Gasteiger partial charge in [-0.15, -0.1) is 0 Å². The van der Waals surface area contributed by atoms with Crippen molar-refractivity contribution in [1.82, 2.24) is 14.8 Å². The van der Waals surface area contributed by atoms with Crippen molar-refractivity contribution in [2.75, 3.05) is 39.3 Å². The Balaban J connectivity index is 1.11. The molecule has 0 saturated carbocycles. The molecule has 1 aliphatic rings. The predicted molar refractivity (Wildman–Crippen MR) is 127 cm³/mol. The summed E-state index contributed by atoms with van der Waals surface area (Å²) < 4.78 is 0. The highest BCUT2D eigenvalue weighted by Gasteiger charge is 2.17. The number of fused-ring (bicyclic) bond motifs is 2. The van der Waals surface area contributed by atoms with Crippen LogP contribution in [0.15, 0.2) is 66.9 Å². The van der Waals surface area contributed by atoms with Crippen LogP contribution in [0.2, 0.25) is 0 Å². The number of hydrogen-bond acceptors (Lipinski definition) is 3. The van der Waals surface area contributed by atoms with E-state index in [1.54, 1.807) is 0 Å². The fraction of sp³-hybridized carbons (Fsp3) is 0.296. The summed E-state index contributed by atoms with van der Waals surface area (Å²) in [6.07, 6.45) is 4.24. The van der Waals surface area contributed by atoms with Crippen LogP contribution in [0.3, 0.4) is 0 Å². The Bertz CT molecular complexity index is 1220. The summed E-state index contributed by atoms with van der Waals surface area (Å²) in [6, 6.07) is 23.6. The fourth-order valence-corrected chi connectivity index (χ4v) is 4.65. The normalized spacial score (nSPS) is 15.5. The van der Waals surface area contributed by atoms with Gasteiger partial charge in [-0.25, -0.2) is 0 Å². The first-order valence-corrected chi connectivity index (χ1v) is 11.2. The van der Waals surface area contributed by atoms with Gasteiger partial charge < -0.3 is 14.8 Å². The third-order valence-electron chi connectivity index (χ3n) is 6.59. The average molecular weight is 409 g/mol. The Kier molecular flexibility index (Phi) is 5.71. The number of H-pyrrole nitrogens is 1. The van der Waals surface area contributed by atoms with Crippen molar-refractivity contribution in [2.45, 2.75) is 12.8 Å². The third kappa shape index (κ3) is 4.49. The van der Waals surface area contributed by atoms with Crippen LogP contribution >= 0.6 is 0 Å². The zero-order valence-electron chi connectivity index (χ0n) is 17.8. The predicted octanol–water partition coefficient (Wildman–Crippen LogP) is 4.60. The standard InChI is InChI=1S/C27H28N4/c28-19-22-6-8-27-26(18-22)25(20-29-27)10-12-31-15-13-30(14-16-31)11-9-21-5-7-23-3-1-2-4-24(23)17-21/h1-8,17-18,20,29H,9-16H2. The third-order valence-corrected chi connectivity index (χ3v) is 6.59. The lowest BCUT2D eigenvalue weighted by atomic mass is 10.0. The summed E-state index contributed by atoms with van der Waals surface area (Å²) in [7, 11) is 0. The number of nitrogens with zero attached hydrogens (tertiary/aromatic N) is 3. The SMILES string of the molecule is N#Cc1ccc2[nH]cc(CCN3CCN(CCc4ccc5ccccc5c4)CC3)c2c1. The van der Waals surface area contributed by atoms with Crippen LogP contribution in [-0.4, -0.2) is 54.1 Å². The lowest BCUT2D eigenvalue weighted by Crippen LogP contribution is -2.47. The number of aromatic amines is 1. The maximum absolute atomic E-state index is 9.17. The molecule has 1 N–H and O–H groups in total. The Morgan fingerprint density at radius 1 is 0.806 bits per heavy atom. The van der Waals surface area contributed by atoms with Gasteiger partial charge in [0.2, 0.25) is 0 Å². The van der Waals surface area contributed by atoms with Crippen LogP contribution in [0.25, 0.3) is 21.7 Å². The quantitative estimate of drug-likeness (QED) is 0.507. The molecule has 4 heteroatoms. The lowest BCUT2D eigenvalue weighted by molar-refractivity contribution is 0.134. The molecule has 1 aliphatic heterocycles. The van der Waals surface area contributed by atoms with Crippen LogP contribution in [-0.2, 0) is 12.8 Å². The second-order valence-corrected chi connectivity index (χ2v) is 8.55. The van der Waals surface area contributed by atoms with E-state index in [1.807, 2.05) is 18.2 Å². The number of benzene rings is 3. The smallest absolute Gasteiger partial charge is 0.0991 e. The highest BCUT2D eigenvalue weighted by molar-refractivity contribution is 5.84. The summed E-state index contributed by atoms with van der Waals surface area (Å²) in [6.45, 7) is 6.74. The maximum Gasteiger partial charge on any atom is 0.0991 e. The Labute approximate surface area is 183 Å². The highest BCUT2D eigenvalue weighted by atomic mass is 15.3. The molecule has 1 aromatic heterocycles. The molecule has 0 bridgehead atoms. The molecule has 1 saturated heterocycles. The van der Waals surface area contributed by atoms with Crippen molar-refractivity contribution in [3.63, 3.8) is 0 Å². The largest absolute Gasteiger partial charge is 0.361 e. The summed E-state index contributed by atoms with van der Waals surface area (Å²) in [5.41, 5.74) is 4.59. The molecule has 4 nitrogen and oxygen atoms in total. The fourth-order valence-electron chi connectivity index (χ4n) is 4.65. The van der Waals surface area contributed by atoms with Gasteiger partial charge in [0, 0.05) is 56.4 Å². The summed E-state index contributed by atoms with van der Waals surface area (Å²) in [5, 5.41) is 13.0. The number of rotatable bonds is 6. The van der Waals surface area contributed by atoms with Crippen LogP contribution in [0.5, 0.6) is 0 Å². The topological polar surface area (TPSA) is 46.1 Å². The first-order valence-electron chi connectivity index (χ1n) is 11.2. The molecule has 3 aromatic carbocycles. The molecule has 0 aliphatic carbocycles. The van der Waals surface area contributed by atoms with E-state index in [0.717, 1.165) is 63.2 Å². The van der Waals surface area contributed by atoms with Gasteiger partial charge in [-0.2, -0.15) is 5.26 Å². The molecule has 2 heterocycles. The first kappa shape index (κ1) is 19.8. The molecular weight excluding hydrogens is 380 g/mol. The van der Waals surface area contributed by atoms with Gasteiger partial charge >= 0.3 is 0 Å². The van der Waals surface area contributed by atoms with Crippen molar-refractivity contribution in [2.24, 2.45) is 0 Å². The number of hydrogen-bond donors (Lipinski definition) is 1. The van der Waals surface area contributed by atoms with E-state index in [9.17, 15) is 5.26 Å². The van der Waals surface area contributed by atoms with Gasteiger partial charge in [-0.3, -0.25) is 0 Å². The van der Waals surface area contributed by atoms with E-state index in [0.29, 0.717) is 0 Å². The van der Waals surface area contributed by atoms with E-state index in [1.165, 1.54) is 27.3 Å². The molecule has 0 radical (unpaired) electrons. The van der Waals surface area contributed by atoms with Crippen molar-refractivity contribution >= 4 is 21.7 Å². The second kappa shape index (κ2) is 8.93. The van der Waals surface area contributed by atoms with Gasteiger partial charge in [-0.1, -0.05) is 42.5 Å². The van der Waals surface area contributed by atoms with E-state index < -0.39 is 0 Å². The van der Waals surface area contributed by atoms with Crippen LogP contribution < -0.4 is 0 Å². The number of nitrogens with one attached hydrogen (secondary N) is 1. The number of aromatic nitrogens is 1. The minimum absolute atomic E-state index is 0.730. The Hall–Kier alpha value is -3.13. The molecule has 0 spiro atoms. The summed E-state index contributed by atoms with van der Waals surface area (Å²) in [4.78, 5) is 8.50. The minimum Gasteiger partial charge on any atom is -0.361 e. The first-order chi connectivity index (χ1) is 15.3. The number of piperazine rings is 1. The van der Waals surface area contributed by atoms with Crippen LogP contribution in [0.1, 0.15) is 16.7 Å². The Morgan fingerprint density at radius 2 is 1.55 bits per heavy atom. The molecule has 31 heavy (non-hydrogen) atoms. The monoisotopic (exact) mass is 408 g/mol. The van der Waals surface area contributed by atoms with Gasteiger partial charge in [0.15, 0.2) is 0 Å². The van der Waals surface area contributed by atoms with E-state index in [4.69, 9.17) is 0 Å². The van der Waals surface area contributed by atoms with E-state index in [2.05, 4.69) is 69.5 Å². The van der Waals surface area contributed by atoms with E-state index >= 15 is 0 Å². The average Bonchev–Trinajstić information content (AvgIpc) is 3.24. The molecule has 5 rings (SSSR count). The van der Waals surface area contributed by atoms with Crippen molar-refractivity contribution in [1.29, 1.82) is 5.26 Å². The zero-order chi connectivity index (χ0) is 21.0. The summed E-state index contributed by atoms with van der Waals surface area (Å²) >= 11 is 0. The summed E-state index contributed by atoms with van der Waals surface area (Å²) in [5.74, 6) is 0. The molecular formula is C27H28N4. The maximum atomic E-state index is 9.17. The van der Waals surface area contributed by atoms with Crippen LogP contribution in [0, 0.1) is 11.3 Å². The van der Waals surface area contributed by atoms with Gasteiger partial charge in [0.1, 0.15) is 0 Å². The lowest BCUT2D eigenvalue weighted by Gasteiger charge is -2.34.